The summed E-state index contributed by atoms with van der Waals surface area (Å²) in [5.41, 5.74) is -0.0707. The summed E-state index contributed by atoms with van der Waals surface area (Å²) in [6, 6.07) is 0. The van der Waals surface area contributed by atoms with Gasteiger partial charge < -0.3 is 15.0 Å². The van der Waals surface area contributed by atoms with Crippen LogP contribution in [-0.2, 0) is 9.53 Å². The fraction of sp³-hybridized carbons (Fsp3) is 0.938. The highest BCUT2D eigenvalue weighted by Gasteiger charge is 2.52. The molecule has 2 heterocycles. The van der Waals surface area contributed by atoms with E-state index < -0.39 is 0 Å². The standard InChI is InChI=1S/C16H28N2O2.ClH/c1-2-20-11-13-6-8-18(10-13)15(19)16-7-4-3-5-14(16)9-17-12-16;/h13-14,17H,2-12H2,1H3;1H/t13?,14-,16+;/m0./s1. The van der Waals surface area contributed by atoms with E-state index >= 15 is 0 Å². The molecule has 1 N–H and O–H groups in total. The first-order valence-corrected chi connectivity index (χ1v) is 8.34. The van der Waals surface area contributed by atoms with Crippen molar-refractivity contribution in [2.45, 2.75) is 39.0 Å². The van der Waals surface area contributed by atoms with Gasteiger partial charge in [0, 0.05) is 32.2 Å². The third kappa shape index (κ3) is 3.22. The number of ether oxygens (including phenoxy) is 1. The van der Waals surface area contributed by atoms with E-state index in [1.165, 1.54) is 19.3 Å². The Morgan fingerprint density at radius 1 is 1.38 bits per heavy atom. The summed E-state index contributed by atoms with van der Waals surface area (Å²) in [5.74, 6) is 1.56. The van der Waals surface area contributed by atoms with E-state index in [4.69, 9.17) is 4.74 Å². The second-order valence-corrected chi connectivity index (χ2v) is 6.80. The predicted molar refractivity (Wildman–Crippen MR) is 85.7 cm³/mol. The number of nitrogens with one attached hydrogen (secondary N) is 1. The van der Waals surface area contributed by atoms with Crippen LogP contribution in [0, 0.1) is 17.3 Å². The van der Waals surface area contributed by atoms with Crippen molar-refractivity contribution in [1.29, 1.82) is 0 Å². The molecule has 3 aliphatic rings. The van der Waals surface area contributed by atoms with Crippen molar-refractivity contribution in [3.63, 3.8) is 0 Å². The van der Waals surface area contributed by atoms with Gasteiger partial charge in [-0.15, -0.1) is 12.4 Å². The van der Waals surface area contributed by atoms with Crippen LogP contribution < -0.4 is 5.32 Å². The van der Waals surface area contributed by atoms with Crippen molar-refractivity contribution >= 4 is 18.3 Å². The van der Waals surface area contributed by atoms with Crippen LogP contribution in [0.5, 0.6) is 0 Å². The Balaban J connectivity index is 0.00000161. The van der Waals surface area contributed by atoms with Crippen molar-refractivity contribution < 1.29 is 9.53 Å². The molecule has 0 aromatic rings. The number of hydrogen-bond acceptors (Lipinski definition) is 3. The monoisotopic (exact) mass is 316 g/mol. The molecule has 3 fully saturated rings. The summed E-state index contributed by atoms with van der Waals surface area (Å²) < 4.78 is 5.53. The minimum Gasteiger partial charge on any atom is -0.381 e. The highest BCUT2D eigenvalue weighted by molar-refractivity contribution is 5.85. The van der Waals surface area contributed by atoms with Gasteiger partial charge in [-0.1, -0.05) is 12.8 Å². The predicted octanol–water partition coefficient (Wildman–Crippen LogP) is 2.07. The lowest BCUT2D eigenvalue weighted by atomic mass is 9.67. The number of likely N-dealkylation sites (tertiary alicyclic amines) is 1. The number of halogens is 1. The van der Waals surface area contributed by atoms with Crippen molar-refractivity contribution in [3.05, 3.63) is 0 Å². The molecule has 0 bridgehead atoms. The molecule has 122 valence electrons. The highest BCUT2D eigenvalue weighted by Crippen LogP contribution is 2.45. The van der Waals surface area contributed by atoms with E-state index in [0.717, 1.165) is 52.2 Å². The number of rotatable bonds is 4. The minimum absolute atomic E-state index is 0. The van der Waals surface area contributed by atoms with Gasteiger partial charge in [0.25, 0.3) is 0 Å². The van der Waals surface area contributed by atoms with E-state index in [9.17, 15) is 4.79 Å². The topological polar surface area (TPSA) is 41.6 Å². The van der Waals surface area contributed by atoms with Gasteiger partial charge in [-0.2, -0.15) is 0 Å². The summed E-state index contributed by atoms with van der Waals surface area (Å²) in [5, 5.41) is 3.48. The average Bonchev–Trinajstić information content (AvgIpc) is 3.11. The molecule has 0 aromatic heterocycles. The van der Waals surface area contributed by atoms with Crippen molar-refractivity contribution in [2.75, 3.05) is 39.4 Å². The number of carbonyl (C=O) groups excluding carboxylic acids is 1. The molecule has 0 aromatic carbocycles. The molecule has 0 spiro atoms. The van der Waals surface area contributed by atoms with Gasteiger partial charge in [-0.05, 0) is 38.6 Å². The molecule has 3 atom stereocenters. The van der Waals surface area contributed by atoms with Crippen molar-refractivity contribution in [3.8, 4) is 0 Å². The van der Waals surface area contributed by atoms with Crippen LogP contribution >= 0.6 is 12.4 Å². The summed E-state index contributed by atoms with van der Waals surface area (Å²) in [4.78, 5) is 15.2. The van der Waals surface area contributed by atoms with E-state index in [2.05, 4.69) is 10.2 Å². The Morgan fingerprint density at radius 3 is 3.05 bits per heavy atom. The maximum Gasteiger partial charge on any atom is 0.230 e. The molecule has 21 heavy (non-hydrogen) atoms. The fourth-order valence-corrected chi connectivity index (χ4v) is 4.42. The summed E-state index contributed by atoms with van der Waals surface area (Å²) in [6.07, 6.45) is 5.96. The number of fused-ring (bicyclic) bond motifs is 1. The molecule has 1 amide bonds. The summed E-state index contributed by atoms with van der Waals surface area (Å²) >= 11 is 0. The SMILES string of the molecule is CCOCC1CCN(C(=O)[C@@]23CCCC[C@H]2CNC3)C1.Cl. The largest absolute Gasteiger partial charge is 0.381 e. The maximum absolute atomic E-state index is 13.1. The Morgan fingerprint density at radius 2 is 2.24 bits per heavy atom. The van der Waals surface area contributed by atoms with Crippen LogP contribution in [0.25, 0.3) is 0 Å². The van der Waals surface area contributed by atoms with Crippen LogP contribution in [0.1, 0.15) is 39.0 Å². The molecule has 1 unspecified atom stereocenters. The first kappa shape index (κ1) is 17.0. The Labute approximate surface area is 134 Å². The van der Waals surface area contributed by atoms with Crippen molar-refractivity contribution in [1.82, 2.24) is 10.2 Å². The van der Waals surface area contributed by atoms with Crippen LogP contribution in [0.3, 0.4) is 0 Å². The van der Waals surface area contributed by atoms with Crippen molar-refractivity contribution in [2.24, 2.45) is 17.3 Å². The van der Waals surface area contributed by atoms with E-state index in [0.29, 0.717) is 17.7 Å². The Kier molecular flexibility index (Phi) is 5.92. The second kappa shape index (κ2) is 7.30. The molecule has 0 radical (unpaired) electrons. The second-order valence-electron chi connectivity index (χ2n) is 6.80. The van der Waals surface area contributed by atoms with E-state index in [1.807, 2.05) is 6.92 Å². The normalized spacial score (nSPS) is 35.4. The first-order valence-electron chi connectivity index (χ1n) is 8.34. The third-order valence-corrected chi connectivity index (χ3v) is 5.59. The molecular weight excluding hydrogens is 288 g/mol. The summed E-state index contributed by atoms with van der Waals surface area (Å²) in [6.45, 7) is 7.42. The van der Waals surface area contributed by atoms with Gasteiger partial charge in [0.05, 0.1) is 12.0 Å². The quantitative estimate of drug-likeness (QED) is 0.863. The summed E-state index contributed by atoms with van der Waals surface area (Å²) in [7, 11) is 0. The fourth-order valence-electron chi connectivity index (χ4n) is 4.42. The zero-order chi connectivity index (χ0) is 14.0. The third-order valence-electron chi connectivity index (χ3n) is 5.59. The minimum atomic E-state index is -0.0707. The van der Waals surface area contributed by atoms with Gasteiger partial charge in [0.2, 0.25) is 5.91 Å². The smallest absolute Gasteiger partial charge is 0.230 e. The maximum atomic E-state index is 13.1. The van der Waals surface area contributed by atoms with Gasteiger partial charge >= 0.3 is 0 Å². The molecule has 2 aliphatic heterocycles. The molecule has 1 aliphatic carbocycles. The van der Waals surface area contributed by atoms with Gasteiger partial charge in [0.15, 0.2) is 0 Å². The van der Waals surface area contributed by atoms with Gasteiger partial charge in [-0.3, -0.25) is 4.79 Å². The molecule has 1 saturated carbocycles. The van der Waals surface area contributed by atoms with E-state index in [-0.39, 0.29) is 17.8 Å². The van der Waals surface area contributed by atoms with Crippen LogP contribution in [0.4, 0.5) is 0 Å². The lowest BCUT2D eigenvalue weighted by Gasteiger charge is -2.39. The number of carbonyl (C=O) groups is 1. The Hall–Kier alpha value is -0.320. The van der Waals surface area contributed by atoms with Crippen LogP contribution in [0.2, 0.25) is 0 Å². The molecule has 3 rings (SSSR count). The average molecular weight is 317 g/mol. The Bertz CT molecular complexity index is 366. The molecule has 4 nitrogen and oxygen atoms in total. The number of amides is 1. The molecule has 2 saturated heterocycles. The molecule has 5 heteroatoms. The lowest BCUT2D eigenvalue weighted by Crippen LogP contribution is -2.49. The molecular formula is C16H29ClN2O2. The zero-order valence-corrected chi connectivity index (χ0v) is 13.9. The highest BCUT2D eigenvalue weighted by atomic mass is 35.5. The first-order chi connectivity index (χ1) is 9.76. The lowest BCUT2D eigenvalue weighted by molar-refractivity contribution is -0.144. The van der Waals surface area contributed by atoms with Gasteiger partial charge in [0.1, 0.15) is 0 Å². The zero-order valence-electron chi connectivity index (χ0n) is 13.1. The van der Waals surface area contributed by atoms with Crippen LogP contribution in [-0.4, -0.2) is 50.2 Å². The van der Waals surface area contributed by atoms with Gasteiger partial charge in [-0.25, -0.2) is 0 Å². The van der Waals surface area contributed by atoms with E-state index in [1.54, 1.807) is 0 Å². The van der Waals surface area contributed by atoms with Crippen LogP contribution in [0.15, 0.2) is 0 Å². The number of hydrogen-bond donors (Lipinski definition) is 1. The number of nitrogens with zero attached hydrogens (tertiary/aromatic N) is 1.